The zero-order chi connectivity index (χ0) is 11.3. The number of carbonyl (C=O) groups excluding carboxylic acids is 2. The number of fused-ring (bicyclic) bond motifs is 1. The van der Waals surface area contributed by atoms with Gasteiger partial charge in [0, 0.05) is 18.6 Å². The largest absolute Gasteiger partial charge is 0.396 e. The van der Waals surface area contributed by atoms with Crippen molar-refractivity contribution >= 4 is 11.8 Å². The summed E-state index contributed by atoms with van der Waals surface area (Å²) in [6.07, 6.45) is 0.724. The maximum absolute atomic E-state index is 12.0. The van der Waals surface area contributed by atoms with Gasteiger partial charge in [0.1, 0.15) is 0 Å². The van der Waals surface area contributed by atoms with Crippen molar-refractivity contribution in [1.82, 2.24) is 4.90 Å². The summed E-state index contributed by atoms with van der Waals surface area (Å²) in [6, 6.07) is 6.75. The van der Waals surface area contributed by atoms with Crippen molar-refractivity contribution in [1.29, 1.82) is 0 Å². The van der Waals surface area contributed by atoms with Gasteiger partial charge in [-0.1, -0.05) is 12.1 Å². The fraction of sp³-hybridized carbons (Fsp3) is 0.333. The third-order valence-electron chi connectivity index (χ3n) is 3.28. The molecule has 1 aromatic carbocycles. The quantitative estimate of drug-likeness (QED) is 0.740. The van der Waals surface area contributed by atoms with Gasteiger partial charge in [0.2, 0.25) is 0 Å². The summed E-state index contributed by atoms with van der Waals surface area (Å²) >= 11 is 0. The molecule has 0 spiro atoms. The highest BCUT2D eigenvalue weighted by atomic mass is 16.3. The van der Waals surface area contributed by atoms with E-state index in [9.17, 15) is 9.59 Å². The number of rotatable bonds is 2. The van der Waals surface area contributed by atoms with Crippen LogP contribution in [0.2, 0.25) is 0 Å². The predicted molar refractivity (Wildman–Crippen MR) is 55.9 cm³/mol. The third kappa shape index (κ3) is 1.13. The fourth-order valence-electron chi connectivity index (χ4n) is 2.25. The summed E-state index contributed by atoms with van der Waals surface area (Å²) in [4.78, 5) is 25.2. The Hall–Kier alpha value is -1.68. The number of benzene rings is 1. The van der Waals surface area contributed by atoms with Gasteiger partial charge in [-0.25, -0.2) is 0 Å². The highest BCUT2D eigenvalue weighted by Gasteiger charge is 2.50. The van der Waals surface area contributed by atoms with Crippen molar-refractivity contribution in [3.05, 3.63) is 35.4 Å². The first kappa shape index (κ1) is 9.54. The van der Waals surface area contributed by atoms with Gasteiger partial charge in [-0.05, 0) is 18.6 Å². The lowest BCUT2D eigenvalue weighted by atomic mass is 10.1. The lowest BCUT2D eigenvalue weighted by Gasteiger charge is -2.12. The van der Waals surface area contributed by atoms with Crippen LogP contribution in [0.25, 0.3) is 0 Å². The molecule has 1 heterocycles. The Morgan fingerprint density at radius 1 is 1.19 bits per heavy atom. The third-order valence-corrected chi connectivity index (χ3v) is 3.28. The van der Waals surface area contributed by atoms with Crippen molar-refractivity contribution in [3.63, 3.8) is 0 Å². The molecule has 0 aromatic heterocycles. The van der Waals surface area contributed by atoms with E-state index in [-0.39, 0.29) is 30.4 Å². The minimum Gasteiger partial charge on any atom is -0.396 e. The second-order valence-electron chi connectivity index (χ2n) is 4.27. The summed E-state index contributed by atoms with van der Waals surface area (Å²) in [5, 5.41) is 8.98. The SMILES string of the molecule is O=C1c2ccccc2C(=O)N1[C@@H]1C[C@H]1CO. The van der Waals surface area contributed by atoms with Crippen LogP contribution in [0.4, 0.5) is 0 Å². The zero-order valence-corrected chi connectivity index (χ0v) is 8.59. The van der Waals surface area contributed by atoms with E-state index in [0.717, 1.165) is 6.42 Å². The molecule has 0 bridgehead atoms. The first-order valence-electron chi connectivity index (χ1n) is 5.32. The number of aliphatic hydroxyl groups is 1. The Labute approximate surface area is 92.5 Å². The highest BCUT2D eigenvalue weighted by Crippen LogP contribution is 2.39. The lowest BCUT2D eigenvalue weighted by Crippen LogP contribution is -2.33. The van der Waals surface area contributed by atoms with Gasteiger partial charge in [-0.2, -0.15) is 0 Å². The van der Waals surface area contributed by atoms with Gasteiger partial charge in [0.15, 0.2) is 0 Å². The van der Waals surface area contributed by atoms with Crippen molar-refractivity contribution < 1.29 is 14.7 Å². The molecule has 2 atom stereocenters. The number of nitrogens with zero attached hydrogens (tertiary/aromatic N) is 1. The molecular formula is C12H11NO3. The first-order chi connectivity index (χ1) is 7.74. The monoisotopic (exact) mass is 217 g/mol. The van der Waals surface area contributed by atoms with Gasteiger partial charge in [-0.15, -0.1) is 0 Å². The van der Waals surface area contributed by atoms with E-state index in [1.807, 2.05) is 0 Å². The Bertz CT molecular complexity index is 448. The van der Waals surface area contributed by atoms with E-state index in [1.54, 1.807) is 24.3 Å². The van der Waals surface area contributed by atoms with Crippen LogP contribution in [0.5, 0.6) is 0 Å². The van der Waals surface area contributed by atoms with Crippen LogP contribution >= 0.6 is 0 Å². The molecule has 1 saturated carbocycles. The molecule has 2 aliphatic rings. The fourth-order valence-corrected chi connectivity index (χ4v) is 2.25. The Balaban J connectivity index is 1.96. The minimum absolute atomic E-state index is 0.0398. The number of carbonyl (C=O) groups is 2. The van der Waals surface area contributed by atoms with Crippen molar-refractivity contribution in [3.8, 4) is 0 Å². The predicted octanol–water partition coefficient (Wildman–Crippen LogP) is 0.663. The van der Waals surface area contributed by atoms with E-state index < -0.39 is 0 Å². The summed E-state index contributed by atoms with van der Waals surface area (Å²) in [5.41, 5.74) is 0.965. The molecule has 0 radical (unpaired) electrons. The molecule has 82 valence electrons. The average Bonchev–Trinajstić information content (AvgIpc) is 3.03. The van der Waals surface area contributed by atoms with Gasteiger partial charge in [-0.3, -0.25) is 14.5 Å². The number of hydrogen-bond donors (Lipinski definition) is 1. The first-order valence-corrected chi connectivity index (χ1v) is 5.32. The maximum Gasteiger partial charge on any atom is 0.261 e. The normalized spacial score (nSPS) is 27.2. The topological polar surface area (TPSA) is 57.6 Å². The average molecular weight is 217 g/mol. The van der Waals surface area contributed by atoms with Crippen LogP contribution in [-0.2, 0) is 0 Å². The summed E-state index contributed by atoms with van der Waals surface area (Å²) in [6.45, 7) is 0.0398. The molecule has 1 aliphatic carbocycles. The summed E-state index contributed by atoms with van der Waals surface area (Å²) < 4.78 is 0. The molecule has 1 aliphatic heterocycles. The summed E-state index contributed by atoms with van der Waals surface area (Å²) in [7, 11) is 0. The zero-order valence-electron chi connectivity index (χ0n) is 8.59. The van der Waals surface area contributed by atoms with E-state index in [1.165, 1.54) is 4.90 Å². The molecule has 1 N–H and O–H groups in total. The molecule has 4 heteroatoms. The maximum atomic E-state index is 12.0. The molecule has 1 fully saturated rings. The van der Waals surface area contributed by atoms with Crippen LogP contribution < -0.4 is 0 Å². The lowest BCUT2D eigenvalue weighted by molar-refractivity contribution is 0.0629. The van der Waals surface area contributed by atoms with Crippen molar-refractivity contribution in [2.24, 2.45) is 5.92 Å². The van der Waals surface area contributed by atoms with E-state index >= 15 is 0 Å². The second-order valence-corrected chi connectivity index (χ2v) is 4.27. The molecule has 16 heavy (non-hydrogen) atoms. The van der Waals surface area contributed by atoms with Crippen molar-refractivity contribution in [2.75, 3.05) is 6.61 Å². The number of hydrogen-bond acceptors (Lipinski definition) is 3. The van der Waals surface area contributed by atoms with Crippen LogP contribution in [0.15, 0.2) is 24.3 Å². The second kappa shape index (κ2) is 3.15. The van der Waals surface area contributed by atoms with E-state index in [2.05, 4.69) is 0 Å². The van der Waals surface area contributed by atoms with Gasteiger partial charge < -0.3 is 5.11 Å². The molecule has 3 rings (SSSR count). The van der Waals surface area contributed by atoms with E-state index in [4.69, 9.17) is 5.11 Å². The Morgan fingerprint density at radius 3 is 2.19 bits per heavy atom. The van der Waals surface area contributed by atoms with Crippen LogP contribution in [0, 0.1) is 5.92 Å². The van der Waals surface area contributed by atoms with Gasteiger partial charge in [0.25, 0.3) is 11.8 Å². The molecule has 1 aromatic rings. The summed E-state index contributed by atoms with van der Waals surface area (Å²) in [5.74, 6) is -0.370. The highest BCUT2D eigenvalue weighted by molar-refractivity contribution is 6.21. The smallest absolute Gasteiger partial charge is 0.261 e. The molecule has 4 nitrogen and oxygen atoms in total. The van der Waals surface area contributed by atoms with E-state index in [0.29, 0.717) is 11.1 Å². The van der Waals surface area contributed by atoms with Gasteiger partial charge >= 0.3 is 0 Å². The minimum atomic E-state index is -0.221. The Morgan fingerprint density at radius 2 is 1.75 bits per heavy atom. The molecular weight excluding hydrogens is 206 g/mol. The molecule has 2 amide bonds. The van der Waals surface area contributed by atoms with Crippen LogP contribution in [-0.4, -0.2) is 34.5 Å². The Kier molecular flexibility index (Phi) is 1.88. The van der Waals surface area contributed by atoms with Gasteiger partial charge in [0.05, 0.1) is 11.1 Å². The standard InChI is InChI=1S/C12H11NO3/c14-6-7-5-10(7)13-11(15)8-3-1-2-4-9(8)12(13)16/h1-4,7,10,14H,5-6H2/t7-,10+/m0/s1. The number of amides is 2. The van der Waals surface area contributed by atoms with Crippen LogP contribution in [0.1, 0.15) is 27.1 Å². The molecule has 0 saturated heterocycles. The number of aliphatic hydroxyl groups excluding tert-OH is 1. The molecule has 0 unspecified atom stereocenters. The van der Waals surface area contributed by atoms with Crippen molar-refractivity contribution in [2.45, 2.75) is 12.5 Å². The van der Waals surface area contributed by atoms with Crippen LogP contribution in [0.3, 0.4) is 0 Å². The number of imide groups is 1.